The van der Waals surface area contributed by atoms with Crippen LogP contribution in [0.15, 0.2) is 118 Å². The van der Waals surface area contributed by atoms with E-state index < -0.39 is 0 Å². The van der Waals surface area contributed by atoms with Crippen LogP contribution in [0.5, 0.6) is 0 Å². The highest BCUT2D eigenvalue weighted by Gasteiger charge is 2.24. The van der Waals surface area contributed by atoms with E-state index in [9.17, 15) is 4.79 Å². The molecule has 2 aliphatic rings. The molecule has 7 heteroatoms. The molecule has 2 aromatic heterocycles. The zero-order chi connectivity index (χ0) is 31.0. The average Bonchev–Trinajstić information content (AvgIpc) is 3.52. The van der Waals surface area contributed by atoms with Gasteiger partial charge in [-0.15, -0.1) is 0 Å². The number of benzene rings is 4. The minimum absolute atomic E-state index is 0.729. The summed E-state index contributed by atoms with van der Waals surface area (Å²) < 4.78 is 10.9. The maximum absolute atomic E-state index is 10.0. The minimum Gasteiger partial charge on any atom is -0.384 e. The maximum atomic E-state index is 10.0. The third kappa shape index (κ3) is 6.73. The molecule has 4 heterocycles. The van der Waals surface area contributed by atoms with Crippen molar-refractivity contribution >= 4 is 17.7 Å². The van der Waals surface area contributed by atoms with Gasteiger partial charge in [-0.2, -0.15) is 0 Å². The fourth-order valence-electron chi connectivity index (χ4n) is 5.85. The summed E-state index contributed by atoms with van der Waals surface area (Å²) in [5.41, 5.74) is 11.2. The number of para-hydroxylation sites is 2. The zero-order valence-electron chi connectivity index (χ0n) is 25.6. The van der Waals surface area contributed by atoms with Gasteiger partial charge in [0.05, 0.1) is 11.4 Å². The number of fused-ring (bicyclic) bond motifs is 6. The molecular formula is C38H36N4O3. The largest absolute Gasteiger partial charge is 0.384 e. The van der Waals surface area contributed by atoms with E-state index in [0.29, 0.717) is 0 Å². The van der Waals surface area contributed by atoms with Crippen molar-refractivity contribution < 1.29 is 13.8 Å². The average molecular weight is 597 g/mol. The Kier molecular flexibility index (Phi) is 9.16. The number of carbonyl (C=O) groups excluding carboxylic acids is 1. The molecule has 1 N–H and O–H groups in total. The normalized spacial score (nSPS) is 12.6. The van der Waals surface area contributed by atoms with Crippen LogP contribution in [-0.2, 0) is 19.4 Å². The van der Waals surface area contributed by atoms with Gasteiger partial charge >= 0.3 is 0 Å². The highest BCUT2D eigenvalue weighted by Crippen LogP contribution is 2.39. The van der Waals surface area contributed by atoms with Gasteiger partial charge in [0.15, 0.2) is 0 Å². The second kappa shape index (κ2) is 13.9. The van der Waals surface area contributed by atoms with Crippen LogP contribution in [0.3, 0.4) is 0 Å². The highest BCUT2D eigenvalue weighted by molar-refractivity contribution is 5.83. The number of hydrogen-bond donors (Lipinski definition) is 1. The first-order chi connectivity index (χ1) is 22.1. The Morgan fingerprint density at radius 2 is 1.29 bits per heavy atom. The van der Waals surface area contributed by atoms with E-state index in [-0.39, 0.29) is 0 Å². The Morgan fingerprint density at radius 1 is 0.711 bits per heavy atom. The van der Waals surface area contributed by atoms with Crippen LogP contribution in [0.25, 0.3) is 22.3 Å². The number of aromatic nitrogens is 2. The SMILES string of the molecule is Cc1noc2c1-c1ccccc1N(Cc1ccccc1)CC2.Cc1noc2c1-c1ccccc1NCC2.O=Cc1ccccc1. The molecule has 8 rings (SSSR count). The Morgan fingerprint density at radius 3 is 1.98 bits per heavy atom. The summed E-state index contributed by atoms with van der Waals surface area (Å²) in [4.78, 5) is 12.4. The van der Waals surface area contributed by atoms with Crippen LogP contribution in [0.1, 0.15) is 38.8 Å². The van der Waals surface area contributed by atoms with Crippen molar-refractivity contribution in [3.05, 3.63) is 143 Å². The first-order valence-corrected chi connectivity index (χ1v) is 15.2. The minimum atomic E-state index is 0.729. The van der Waals surface area contributed by atoms with Gasteiger partial charge < -0.3 is 19.3 Å². The molecule has 0 saturated carbocycles. The summed E-state index contributed by atoms with van der Waals surface area (Å²) in [6.45, 7) is 6.76. The second-order valence-corrected chi connectivity index (χ2v) is 11.1. The standard InChI is InChI=1S/C19H18N2O.C12H12N2O.C7H6O/c1-14-19-16-9-5-6-10-17(16)21(12-11-18(19)22-20-14)13-15-7-3-2-4-8-15;1-8-12-9-4-2-3-5-10(9)13-7-6-11(12)15-14-8;8-6-7-4-2-1-3-5-7/h2-10H,11-13H2,1H3;2-5,13H,6-7H2,1H3;1-6H. The zero-order valence-corrected chi connectivity index (χ0v) is 25.6. The van der Waals surface area contributed by atoms with Gasteiger partial charge in [0.2, 0.25) is 0 Å². The summed E-state index contributed by atoms with van der Waals surface area (Å²) in [5.74, 6) is 1.99. The Balaban J connectivity index is 0.000000134. The molecule has 2 aliphatic heterocycles. The number of hydrogen-bond acceptors (Lipinski definition) is 7. The van der Waals surface area contributed by atoms with E-state index in [1.54, 1.807) is 12.1 Å². The molecule has 0 atom stereocenters. The van der Waals surface area contributed by atoms with Gasteiger partial charge in [0, 0.05) is 71.7 Å². The van der Waals surface area contributed by atoms with Crippen LogP contribution in [0, 0.1) is 13.8 Å². The van der Waals surface area contributed by atoms with E-state index in [0.717, 1.165) is 72.8 Å². The van der Waals surface area contributed by atoms with Crippen molar-refractivity contribution in [1.82, 2.24) is 10.3 Å². The monoisotopic (exact) mass is 596 g/mol. The maximum Gasteiger partial charge on any atom is 0.150 e. The van der Waals surface area contributed by atoms with Crippen LogP contribution in [0.2, 0.25) is 0 Å². The first-order valence-electron chi connectivity index (χ1n) is 15.2. The lowest BCUT2D eigenvalue weighted by molar-refractivity contribution is 0.112. The molecule has 0 fully saturated rings. The molecule has 0 aliphatic carbocycles. The number of aryl methyl sites for hydroxylation is 2. The first kappa shape index (κ1) is 29.6. The Hall–Kier alpha value is -5.43. The molecule has 0 amide bonds. The van der Waals surface area contributed by atoms with Gasteiger partial charge in [0.1, 0.15) is 17.8 Å². The van der Waals surface area contributed by atoms with Gasteiger partial charge in [-0.3, -0.25) is 4.79 Å². The molecule has 0 radical (unpaired) electrons. The number of nitrogens with one attached hydrogen (secondary N) is 1. The molecule has 45 heavy (non-hydrogen) atoms. The highest BCUT2D eigenvalue weighted by atomic mass is 16.5. The lowest BCUT2D eigenvalue weighted by atomic mass is 10.0. The molecule has 0 saturated heterocycles. The predicted molar refractivity (Wildman–Crippen MR) is 179 cm³/mol. The number of anilines is 2. The van der Waals surface area contributed by atoms with Crippen LogP contribution in [-0.4, -0.2) is 29.7 Å². The lowest BCUT2D eigenvalue weighted by Gasteiger charge is -2.25. The fourth-order valence-corrected chi connectivity index (χ4v) is 5.85. The molecule has 0 bridgehead atoms. The summed E-state index contributed by atoms with van der Waals surface area (Å²) in [5, 5.41) is 11.6. The molecule has 4 aromatic carbocycles. The van der Waals surface area contributed by atoms with Gasteiger partial charge in [0.25, 0.3) is 0 Å². The van der Waals surface area contributed by atoms with E-state index in [2.05, 4.69) is 87.3 Å². The van der Waals surface area contributed by atoms with E-state index in [4.69, 9.17) is 9.05 Å². The second-order valence-electron chi connectivity index (χ2n) is 11.1. The number of nitrogens with zero attached hydrogens (tertiary/aromatic N) is 3. The van der Waals surface area contributed by atoms with E-state index in [1.165, 1.54) is 33.6 Å². The molecule has 7 nitrogen and oxygen atoms in total. The Bertz CT molecular complexity index is 1860. The third-order valence-corrected chi connectivity index (χ3v) is 8.01. The van der Waals surface area contributed by atoms with Gasteiger partial charge in [-0.1, -0.05) is 107 Å². The van der Waals surface area contributed by atoms with Crippen LogP contribution in [0.4, 0.5) is 11.4 Å². The quantitative estimate of drug-likeness (QED) is 0.206. The van der Waals surface area contributed by atoms with Crippen molar-refractivity contribution in [3.8, 4) is 22.3 Å². The van der Waals surface area contributed by atoms with Gasteiger partial charge in [-0.05, 0) is 31.5 Å². The lowest BCUT2D eigenvalue weighted by Crippen LogP contribution is -2.24. The molecule has 0 spiro atoms. The van der Waals surface area contributed by atoms with Crippen molar-refractivity contribution in [2.24, 2.45) is 0 Å². The smallest absolute Gasteiger partial charge is 0.150 e. The summed E-state index contributed by atoms with van der Waals surface area (Å²) in [6.07, 6.45) is 2.61. The van der Waals surface area contributed by atoms with Gasteiger partial charge in [-0.25, -0.2) is 0 Å². The molecular weight excluding hydrogens is 560 g/mol. The number of carbonyl (C=O) groups is 1. The molecule has 226 valence electrons. The predicted octanol–water partition coefficient (Wildman–Crippen LogP) is 8.33. The number of aldehydes is 1. The van der Waals surface area contributed by atoms with Crippen LogP contribution < -0.4 is 10.2 Å². The van der Waals surface area contributed by atoms with E-state index in [1.807, 2.05) is 44.2 Å². The summed E-state index contributed by atoms with van der Waals surface area (Å²) >= 11 is 0. The van der Waals surface area contributed by atoms with Crippen LogP contribution >= 0.6 is 0 Å². The molecule has 6 aromatic rings. The Labute approximate surface area is 263 Å². The number of rotatable bonds is 3. The van der Waals surface area contributed by atoms with E-state index >= 15 is 0 Å². The van der Waals surface area contributed by atoms with Crippen molar-refractivity contribution in [3.63, 3.8) is 0 Å². The van der Waals surface area contributed by atoms with Crippen molar-refractivity contribution in [2.75, 3.05) is 23.3 Å². The molecule has 0 unspecified atom stereocenters. The topological polar surface area (TPSA) is 84.4 Å². The summed E-state index contributed by atoms with van der Waals surface area (Å²) in [7, 11) is 0. The van der Waals surface area contributed by atoms with Crippen molar-refractivity contribution in [2.45, 2.75) is 33.2 Å². The van der Waals surface area contributed by atoms with Crippen molar-refractivity contribution in [1.29, 1.82) is 0 Å². The fraction of sp³-hybridized carbons (Fsp3) is 0.184. The third-order valence-electron chi connectivity index (χ3n) is 8.01. The summed E-state index contributed by atoms with van der Waals surface area (Å²) in [6, 6.07) is 36.5.